The smallest absolute Gasteiger partial charge is 0.0572 e. The zero-order chi connectivity index (χ0) is 13.0. The number of aliphatic hydroxyl groups excluding tert-OH is 1. The molecule has 2 heterocycles. The van der Waals surface area contributed by atoms with Crippen LogP contribution in [0.1, 0.15) is 33.1 Å². The average Bonchev–Trinajstić information content (AvgIpc) is 2.39. The lowest BCUT2D eigenvalue weighted by Gasteiger charge is -2.36. The van der Waals surface area contributed by atoms with Gasteiger partial charge < -0.3 is 10.0 Å². The number of nitrogens with zero attached hydrogens (tertiary/aromatic N) is 2. The largest absolute Gasteiger partial charge is 0.393 e. The highest BCUT2D eigenvalue weighted by molar-refractivity contribution is 5.44. The second-order valence-electron chi connectivity index (χ2n) is 5.73. The molecule has 0 spiro atoms. The van der Waals surface area contributed by atoms with Crippen molar-refractivity contribution in [1.29, 1.82) is 0 Å². The van der Waals surface area contributed by atoms with Gasteiger partial charge in [-0.3, -0.25) is 4.98 Å². The van der Waals surface area contributed by atoms with Crippen molar-refractivity contribution in [2.24, 2.45) is 11.8 Å². The van der Waals surface area contributed by atoms with Gasteiger partial charge in [-0.25, -0.2) is 0 Å². The minimum atomic E-state index is -0.121. The molecule has 0 aliphatic carbocycles. The monoisotopic (exact) mass is 248 g/mol. The molecule has 0 bridgehead atoms. The van der Waals surface area contributed by atoms with Crippen LogP contribution in [0.2, 0.25) is 0 Å². The van der Waals surface area contributed by atoms with Crippen molar-refractivity contribution in [2.45, 2.75) is 39.2 Å². The van der Waals surface area contributed by atoms with E-state index in [1.54, 1.807) is 0 Å². The Morgan fingerprint density at radius 3 is 2.44 bits per heavy atom. The van der Waals surface area contributed by atoms with Crippen LogP contribution in [-0.4, -0.2) is 29.3 Å². The summed E-state index contributed by atoms with van der Waals surface area (Å²) in [5, 5.41) is 10.2. The topological polar surface area (TPSA) is 36.4 Å². The molecule has 1 aromatic rings. The third-order valence-electron chi connectivity index (χ3n) is 3.82. The molecule has 1 aliphatic heterocycles. The highest BCUT2D eigenvalue weighted by atomic mass is 16.3. The predicted molar refractivity (Wildman–Crippen MR) is 74.6 cm³/mol. The zero-order valence-electron chi connectivity index (χ0n) is 11.4. The van der Waals surface area contributed by atoms with Gasteiger partial charge in [0.25, 0.3) is 0 Å². The van der Waals surface area contributed by atoms with Crippen LogP contribution in [0.15, 0.2) is 24.5 Å². The Kier molecular flexibility index (Phi) is 4.59. The van der Waals surface area contributed by atoms with Crippen molar-refractivity contribution in [3.8, 4) is 0 Å². The molecule has 1 fully saturated rings. The Labute approximate surface area is 110 Å². The van der Waals surface area contributed by atoms with Crippen molar-refractivity contribution in [2.75, 3.05) is 18.0 Å². The molecule has 1 aliphatic rings. The van der Waals surface area contributed by atoms with Crippen molar-refractivity contribution in [1.82, 2.24) is 4.98 Å². The van der Waals surface area contributed by atoms with E-state index in [-0.39, 0.29) is 6.10 Å². The molecule has 0 saturated carbocycles. The third-order valence-corrected chi connectivity index (χ3v) is 3.82. The summed E-state index contributed by atoms with van der Waals surface area (Å²) in [6.07, 6.45) is 6.68. The highest BCUT2D eigenvalue weighted by Gasteiger charge is 2.25. The molecule has 100 valence electrons. The standard InChI is InChI=1S/C15H24N2O/c1-12(2)11-15(18)13-5-9-17(10-6-13)14-3-7-16-8-4-14/h3-4,7-8,12-13,15,18H,5-6,9-11H2,1-2H3. The van der Waals surface area contributed by atoms with Gasteiger partial charge in [0.15, 0.2) is 0 Å². The third kappa shape index (κ3) is 3.45. The van der Waals surface area contributed by atoms with Gasteiger partial charge in [0, 0.05) is 31.2 Å². The summed E-state index contributed by atoms with van der Waals surface area (Å²) in [5.74, 6) is 1.06. The number of anilines is 1. The summed E-state index contributed by atoms with van der Waals surface area (Å²) < 4.78 is 0. The first kappa shape index (κ1) is 13.3. The molecule has 0 amide bonds. The Hall–Kier alpha value is -1.09. The Balaban J connectivity index is 1.85. The fraction of sp³-hybridized carbons (Fsp3) is 0.667. The van der Waals surface area contributed by atoms with Crippen molar-refractivity contribution in [3.63, 3.8) is 0 Å². The summed E-state index contributed by atoms with van der Waals surface area (Å²) in [6.45, 7) is 6.44. The molecule has 0 radical (unpaired) electrons. The van der Waals surface area contributed by atoms with Crippen LogP contribution >= 0.6 is 0 Å². The van der Waals surface area contributed by atoms with Gasteiger partial charge in [-0.15, -0.1) is 0 Å². The van der Waals surface area contributed by atoms with Gasteiger partial charge in [-0.2, -0.15) is 0 Å². The van der Waals surface area contributed by atoms with E-state index in [0.29, 0.717) is 11.8 Å². The van der Waals surface area contributed by atoms with Gasteiger partial charge in [-0.1, -0.05) is 13.8 Å². The quantitative estimate of drug-likeness (QED) is 0.890. The molecule has 3 nitrogen and oxygen atoms in total. The van der Waals surface area contributed by atoms with Crippen LogP contribution in [-0.2, 0) is 0 Å². The second-order valence-corrected chi connectivity index (χ2v) is 5.73. The lowest BCUT2D eigenvalue weighted by Crippen LogP contribution is -2.38. The van der Waals surface area contributed by atoms with Crippen LogP contribution in [0, 0.1) is 11.8 Å². The van der Waals surface area contributed by atoms with E-state index in [2.05, 4.69) is 35.9 Å². The minimum Gasteiger partial charge on any atom is -0.393 e. The molecule has 1 unspecified atom stereocenters. The number of piperidine rings is 1. The fourth-order valence-corrected chi connectivity index (χ4v) is 2.77. The summed E-state index contributed by atoms with van der Waals surface area (Å²) >= 11 is 0. The van der Waals surface area contributed by atoms with E-state index < -0.39 is 0 Å². The molecule has 1 saturated heterocycles. The Bertz CT molecular complexity index is 345. The molecule has 1 aromatic heterocycles. The predicted octanol–water partition coefficient (Wildman–Crippen LogP) is 2.71. The van der Waals surface area contributed by atoms with Gasteiger partial charge in [0.1, 0.15) is 0 Å². The lowest BCUT2D eigenvalue weighted by atomic mass is 9.87. The molecular weight excluding hydrogens is 224 g/mol. The first-order chi connectivity index (χ1) is 8.66. The molecule has 18 heavy (non-hydrogen) atoms. The summed E-state index contributed by atoms with van der Waals surface area (Å²) in [5.41, 5.74) is 1.25. The second kappa shape index (κ2) is 6.19. The molecule has 1 N–H and O–H groups in total. The summed E-state index contributed by atoms with van der Waals surface area (Å²) in [6, 6.07) is 4.12. The van der Waals surface area contributed by atoms with E-state index >= 15 is 0 Å². The Morgan fingerprint density at radius 2 is 1.89 bits per heavy atom. The minimum absolute atomic E-state index is 0.121. The van der Waals surface area contributed by atoms with Gasteiger partial charge in [0.05, 0.1) is 6.10 Å². The number of hydrogen-bond donors (Lipinski definition) is 1. The average molecular weight is 248 g/mol. The SMILES string of the molecule is CC(C)CC(O)C1CCN(c2ccncc2)CC1. The van der Waals surface area contributed by atoms with E-state index in [1.807, 2.05) is 12.4 Å². The van der Waals surface area contributed by atoms with Crippen LogP contribution in [0.4, 0.5) is 5.69 Å². The molecule has 1 atom stereocenters. The first-order valence-electron chi connectivity index (χ1n) is 7.00. The highest BCUT2D eigenvalue weighted by Crippen LogP contribution is 2.27. The molecule has 3 heteroatoms. The lowest BCUT2D eigenvalue weighted by molar-refractivity contribution is 0.0735. The van der Waals surface area contributed by atoms with Gasteiger partial charge in [-0.05, 0) is 43.2 Å². The number of pyridine rings is 1. The maximum Gasteiger partial charge on any atom is 0.0572 e. The van der Waals surface area contributed by atoms with Crippen molar-refractivity contribution < 1.29 is 5.11 Å². The van der Waals surface area contributed by atoms with E-state index in [4.69, 9.17) is 0 Å². The van der Waals surface area contributed by atoms with Crippen LogP contribution < -0.4 is 4.90 Å². The number of rotatable bonds is 4. The van der Waals surface area contributed by atoms with Crippen molar-refractivity contribution in [3.05, 3.63) is 24.5 Å². The zero-order valence-corrected chi connectivity index (χ0v) is 11.4. The fourth-order valence-electron chi connectivity index (χ4n) is 2.77. The van der Waals surface area contributed by atoms with Gasteiger partial charge >= 0.3 is 0 Å². The van der Waals surface area contributed by atoms with E-state index in [0.717, 1.165) is 32.4 Å². The Morgan fingerprint density at radius 1 is 1.28 bits per heavy atom. The number of aliphatic hydroxyl groups is 1. The van der Waals surface area contributed by atoms with Crippen LogP contribution in [0.3, 0.4) is 0 Å². The number of hydrogen-bond acceptors (Lipinski definition) is 3. The maximum absolute atomic E-state index is 10.2. The molecular formula is C15H24N2O. The summed E-state index contributed by atoms with van der Waals surface area (Å²) in [4.78, 5) is 6.44. The van der Waals surface area contributed by atoms with Crippen LogP contribution in [0.25, 0.3) is 0 Å². The van der Waals surface area contributed by atoms with E-state index in [1.165, 1.54) is 5.69 Å². The van der Waals surface area contributed by atoms with Gasteiger partial charge in [0.2, 0.25) is 0 Å². The molecule has 0 aromatic carbocycles. The van der Waals surface area contributed by atoms with Crippen LogP contribution in [0.5, 0.6) is 0 Å². The first-order valence-corrected chi connectivity index (χ1v) is 7.00. The van der Waals surface area contributed by atoms with Crippen molar-refractivity contribution >= 4 is 5.69 Å². The molecule has 2 rings (SSSR count). The van der Waals surface area contributed by atoms with E-state index in [9.17, 15) is 5.11 Å². The summed E-state index contributed by atoms with van der Waals surface area (Å²) in [7, 11) is 0. The maximum atomic E-state index is 10.2. The number of aromatic nitrogens is 1. The normalized spacial score (nSPS) is 19.2.